The number of benzene rings is 1. The van der Waals surface area contributed by atoms with Crippen molar-refractivity contribution in [1.29, 1.82) is 0 Å². The van der Waals surface area contributed by atoms with E-state index in [1.54, 1.807) is 18.9 Å². The molecule has 1 atom stereocenters. The van der Waals surface area contributed by atoms with Gasteiger partial charge in [0.1, 0.15) is 5.75 Å². The number of aliphatic hydroxyl groups is 1. The molecule has 0 saturated carbocycles. The van der Waals surface area contributed by atoms with Crippen LogP contribution >= 0.6 is 0 Å². The molecule has 0 saturated heterocycles. The number of amides is 1. The van der Waals surface area contributed by atoms with Gasteiger partial charge in [0.15, 0.2) is 6.61 Å². The molecule has 0 aliphatic carbocycles. The Balaban J connectivity index is 2.46. The smallest absolute Gasteiger partial charge is 0.260 e. The summed E-state index contributed by atoms with van der Waals surface area (Å²) in [5.74, 6) is 0.632. The second-order valence-electron chi connectivity index (χ2n) is 4.39. The van der Waals surface area contributed by atoms with Gasteiger partial charge in [0, 0.05) is 13.6 Å². The van der Waals surface area contributed by atoms with Gasteiger partial charge in [-0.2, -0.15) is 0 Å². The molecule has 0 bridgehead atoms. The van der Waals surface area contributed by atoms with Gasteiger partial charge >= 0.3 is 0 Å². The lowest BCUT2D eigenvalue weighted by Gasteiger charge is -2.15. The summed E-state index contributed by atoms with van der Waals surface area (Å²) in [5, 5.41) is 9.26. The van der Waals surface area contributed by atoms with E-state index in [1.807, 2.05) is 31.2 Å². The molecule has 0 aliphatic heterocycles. The topological polar surface area (TPSA) is 49.8 Å². The predicted molar refractivity (Wildman–Crippen MR) is 70.6 cm³/mol. The molecule has 1 aromatic carbocycles. The Bertz CT molecular complexity index is 373. The second kappa shape index (κ2) is 7.01. The predicted octanol–water partition coefficient (Wildman–Crippen LogP) is 1.47. The van der Waals surface area contributed by atoms with Crippen molar-refractivity contribution in [2.45, 2.75) is 26.4 Å². The van der Waals surface area contributed by atoms with E-state index in [4.69, 9.17) is 4.74 Å². The van der Waals surface area contributed by atoms with Gasteiger partial charge in [-0.25, -0.2) is 0 Å². The van der Waals surface area contributed by atoms with Gasteiger partial charge in [-0.15, -0.1) is 0 Å². The third-order valence-corrected chi connectivity index (χ3v) is 2.72. The number of nitrogens with zero attached hydrogens (tertiary/aromatic N) is 1. The molecule has 4 heteroatoms. The molecule has 18 heavy (non-hydrogen) atoms. The molecule has 0 heterocycles. The van der Waals surface area contributed by atoms with Gasteiger partial charge in [-0.1, -0.05) is 12.1 Å². The highest BCUT2D eigenvalue weighted by Crippen LogP contribution is 2.13. The number of rotatable bonds is 6. The van der Waals surface area contributed by atoms with Crippen molar-refractivity contribution in [1.82, 2.24) is 4.90 Å². The van der Waals surface area contributed by atoms with Crippen molar-refractivity contribution >= 4 is 5.91 Å². The van der Waals surface area contributed by atoms with Crippen LogP contribution in [0.3, 0.4) is 0 Å². The maximum absolute atomic E-state index is 11.5. The van der Waals surface area contributed by atoms with Crippen molar-refractivity contribution in [2.24, 2.45) is 0 Å². The molecule has 0 aliphatic rings. The normalized spacial score (nSPS) is 12.0. The van der Waals surface area contributed by atoms with Gasteiger partial charge < -0.3 is 14.7 Å². The van der Waals surface area contributed by atoms with Crippen LogP contribution in [0.5, 0.6) is 5.75 Å². The van der Waals surface area contributed by atoms with E-state index < -0.39 is 0 Å². The monoisotopic (exact) mass is 251 g/mol. The number of ether oxygens (including phenoxy) is 1. The number of hydrogen-bond donors (Lipinski definition) is 1. The maximum atomic E-state index is 11.5. The molecule has 1 amide bonds. The Morgan fingerprint density at radius 3 is 2.50 bits per heavy atom. The molecule has 0 aromatic heterocycles. The summed E-state index contributed by atoms with van der Waals surface area (Å²) in [7, 11) is 1.75. The quantitative estimate of drug-likeness (QED) is 0.833. The molecule has 1 N–H and O–H groups in total. The van der Waals surface area contributed by atoms with Gasteiger partial charge in [-0.3, -0.25) is 4.79 Å². The molecule has 1 aromatic rings. The molecule has 0 fully saturated rings. The van der Waals surface area contributed by atoms with Crippen molar-refractivity contribution in [3.05, 3.63) is 29.8 Å². The molecule has 4 nitrogen and oxygen atoms in total. The summed E-state index contributed by atoms with van der Waals surface area (Å²) in [6.07, 6.45) is 0.272. The second-order valence-corrected chi connectivity index (χ2v) is 4.39. The van der Waals surface area contributed by atoms with Crippen molar-refractivity contribution in [3.8, 4) is 5.75 Å². The minimum atomic E-state index is -0.350. The van der Waals surface area contributed by atoms with Gasteiger partial charge in [0.25, 0.3) is 5.91 Å². The number of likely N-dealkylation sites (N-methyl/N-ethyl adjacent to an activating group) is 1. The Morgan fingerprint density at radius 1 is 1.39 bits per heavy atom. The first-order chi connectivity index (χ1) is 8.52. The van der Waals surface area contributed by atoms with E-state index in [0.29, 0.717) is 18.7 Å². The Labute approximate surface area is 108 Å². The highest BCUT2D eigenvalue weighted by Gasteiger charge is 2.07. The lowest BCUT2D eigenvalue weighted by molar-refractivity contribution is -0.131. The van der Waals surface area contributed by atoms with Gasteiger partial charge in [0.2, 0.25) is 0 Å². The van der Waals surface area contributed by atoms with Crippen LogP contribution in [-0.2, 0) is 11.2 Å². The summed E-state index contributed by atoms with van der Waals surface area (Å²) >= 11 is 0. The fraction of sp³-hybridized carbons (Fsp3) is 0.500. The maximum Gasteiger partial charge on any atom is 0.260 e. The fourth-order valence-corrected chi connectivity index (χ4v) is 1.49. The number of carbonyl (C=O) groups is 1. The van der Waals surface area contributed by atoms with Crippen LogP contribution in [0.4, 0.5) is 0 Å². The minimum absolute atomic E-state index is 0.0365. The summed E-state index contributed by atoms with van der Waals surface area (Å²) in [4.78, 5) is 13.1. The van der Waals surface area contributed by atoms with Gasteiger partial charge in [0.05, 0.1) is 6.10 Å². The van der Waals surface area contributed by atoms with E-state index in [0.717, 1.165) is 5.56 Å². The van der Waals surface area contributed by atoms with Crippen molar-refractivity contribution in [2.75, 3.05) is 20.2 Å². The Morgan fingerprint density at radius 2 is 2.00 bits per heavy atom. The Hall–Kier alpha value is -1.55. The van der Waals surface area contributed by atoms with Crippen LogP contribution in [0, 0.1) is 0 Å². The van der Waals surface area contributed by atoms with Gasteiger partial charge in [-0.05, 0) is 38.0 Å². The third kappa shape index (κ3) is 4.75. The lowest BCUT2D eigenvalue weighted by atomic mass is 10.1. The molecule has 0 spiro atoms. The number of aliphatic hydroxyl groups excluding tert-OH is 1. The van der Waals surface area contributed by atoms with Crippen LogP contribution in [0.25, 0.3) is 0 Å². The van der Waals surface area contributed by atoms with Crippen molar-refractivity contribution < 1.29 is 14.6 Å². The molecule has 1 unspecified atom stereocenters. The molecular formula is C14H21NO3. The first kappa shape index (κ1) is 14.5. The highest BCUT2D eigenvalue weighted by molar-refractivity contribution is 5.77. The van der Waals surface area contributed by atoms with Crippen LogP contribution in [0.1, 0.15) is 19.4 Å². The standard InChI is InChI=1S/C14H21NO3/c1-4-15(3)14(17)10-18-13-7-5-12(6-8-13)9-11(2)16/h5-8,11,16H,4,9-10H2,1-3H3. The van der Waals surface area contributed by atoms with E-state index in [2.05, 4.69) is 0 Å². The van der Waals surface area contributed by atoms with Crippen LogP contribution in [0.15, 0.2) is 24.3 Å². The zero-order chi connectivity index (χ0) is 13.5. The largest absolute Gasteiger partial charge is 0.484 e. The summed E-state index contributed by atoms with van der Waals surface area (Å²) in [6.45, 7) is 4.40. The average molecular weight is 251 g/mol. The van der Waals surface area contributed by atoms with Crippen molar-refractivity contribution in [3.63, 3.8) is 0 Å². The molecule has 1 rings (SSSR count). The zero-order valence-corrected chi connectivity index (χ0v) is 11.2. The number of hydrogen-bond acceptors (Lipinski definition) is 3. The van der Waals surface area contributed by atoms with E-state index in [1.165, 1.54) is 0 Å². The molecule has 0 radical (unpaired) electrons. The Kier molecular flexibility index (Phi) is 5.65. The summed E-state index contributed by atoms with van der Waals surface area (Å²) in [6, 6.07) is 7.43. The zero-order valence-electron chi connectivity index (χ0n) is 11.2. The van der Waals surface area contributed by atoms with E-state index in [-0.39, 0.29) is 18.6 Å². The van der Waals surface area contributed by atoms with Crippen LogP contribution in [-0.4, -0.2) is 42.2 Å². The highest BCUT2D eigenvalue weighted by atomic mass is 16.5. The van der Waals surface area contributed by atoms with Crippen LogP contribution in [0.2, 0.25) is 0 Å². The first-order valence-corrected chi connectivity index (χ1v) is 6.16. The summed E-state index contributed by atoms with van der Waals surface area (Å²) in [5.41, 5.74) is 1.05. The van der Waals surface area contributed by atoms with E-state index in [9.17, 15) is 9.90 Å². The minimum Gasteiger partial charge on any atom is -0.484 e. The SMILES string of the molecule is CCN(C)C(=O)COc1ccc(CC(C)O)cc1. The average Bonchev–Trinajstić information content (AvgIpc) is 2.36. The molecule has 100 valence electrons. The van der Waals surface area contributed by atoms with Crippen LogP contribution < -0.4 is 4.74 Å². The fourth-order valence-electron chi connectivity index (χ4n) is 1.49. The van der Waals surface area contributed by atoms with E-state index >= 15 is 0 Å². The number of carbonyl (C=O) groups excluding carboxylic acids is 1. The lowest BCUT2D eigenvalue weighted by Crippen LogP contribution is -2.31. The first-order valence-electron chi connectivity index (χ1n) is 6.16. The third-order valence-electron chi connectivity index (χ3n) is 2.72. The summed E-state index contributed by atoms with van der Waals surface area (Å²) < 4.78 is 5.40. The molecular weight excluding hydrogens is 230 g/mol.